The standard InChI is InChI=1S/C12H17N3O3S/c1-9-10(15(17)18)8-11(19-9)12(16)14-5-3-4-13(2)6-7-14/h8H,3-7H2,1-2H3. The fraction of sp³-hybridized carbons (Fsp3) is 0.583. The fourth-order valence-corrected chi connectivity index (χ4v) is 3.12. The third kappa shape index (κ3) is 3.10. The SMILES string of the molecule is Cc1sc(C(=O)N2CCCN(C)CC2)cc1[N+](=O)[O-]. The van der Waals surface area contributed by atoms with Gasteiger partial charge in [-0.1, -0.05) is 0 Å². The zero-order valence-corrected chi connectivity index (χ0v) is 11.9. The van der Waals surface area contributed by atoms with Crippen molar-refractivity contribution < 1.29 is 9.72 Å². The molecule has 0 N–H and O–H groups in total. The van der Waals surface area contributed by atoms with Crippen molar-refractivity contribution in [3.05, 3.63) is 25.9 Å². The van der Waals surface area contributed by atoms with Gasteiger partial charge in [0.05, 0.1) is 14.7 Å². The Kier molecular flexibility index (Phi) is 4.16. The average Bonchev–Trinajstić information content (AvgIpc) is 2.61. The van der Waals surface area contributed by atoms with E-state index in [0.29, 0.717) is 22.8 Å². The summed E-state index contributed by atoms with van der Waals surface area (Å²) in [6.07, 6.45) is 0.939. The highest BCUT2D eigenvalue weighted by atomic mass is 32.1. The fourth-order valence-electron chi connectivity index (χ4n) is 2.16. The molecule has 1 fully saturated rings. The first-order valence-electron chi connectivity index (χ1n) is 6.21. The molecule has 6 nitrogen and oxygen atoms in total. The van der Waals surface area contributed by atoms with Crippen LogP contribution in [0.5, 0.6) is 0 Å². The van der Waals surface area contributed by atoms with Gasteiger partial charge in [-0.15, -0.1) is 11.3 Å². The maximum Gasteiger partial charge on any atom is 0.283 e. The lowest BCUT2D eigenvalue weighted by Crippen LogP contribution is -2.34. The van der Waals surface area contributed by atoms with E-state index in [0.717, 1.165) is 19.5 Å². The van der Waals surface area contributed by atoms with Crippen LogP contribution in [0.15, 0.2) is 6.07 Å². The molecule has 0 aliphatic carbocycles. The number of rotatable bonds is 2. The van der Waals surface area contributed by atoms with Crippen LogP contribution in [0.3, 0.4) is 0 Å². The summed E-state index contributed by atoms with van der Waals surface area (Å²) in [5.74, 6) is -0.0866. The summed E-state index contributed by atoms with van der Waals surface area (Å²) in [7, 11) is 2.04. The van der Waals surface area contributed by atoms with E-state index >= 15 is 0 Å². The van der Waals surface area contributed by atoms with Crippen molar-refractivity contribution in [2.24, 2.45) is 0 Å². The molecule has 104 valence electrons. The van der Waals surface area contributed by atoms with Crippen LogP contribution in [-0.2, 0) is 0 Å². The molecule has 1 aromatic heterocycles. The summed E-state index contributed by atoms with van der Waals surface area (Å²) in [6.45, 7) is 4.90. The molecule has 0 unspecified atom stereocenters. The molecule has 1 aliphatic rings. The zero-order valence-electron chi connectivity index (χ0n) is 11.1. The van der Waals surface area contributed by atoms with Crippen LogP contribution in [0.4, 0.5) is 5.69 Å². The lowest BCUT2D eigenvalue weighted by atomic mass is 10.3. The minimum Gasteiger partial charge on any atom is -0.337 e. The molecule has 0 radical (unpaired) electrons. The van der Waals surface area contributed by atoms with Crippen LogP contribution >= 0.6 is 11.3 Å². The van der Waals surface area contributed by atoms with Gasteiger partial charge >= 0.3 is 0 Å². The number of thiophene rings is 1. The summed E-state index contributed by atoms with van der Waals surface area (Å²) in [5.41, 5.74) is 0.0419. The highest BCUT2D eigenvalue weighted by Gasteiger charge is 2.24. The topological polar surface area (TPSA) is 66.7 Å². The van der Waals surface area contributed by atoms with Gasteiger partial charge in [0, 0.05) is 25.7 Å². The lowest BCUT2D eigenvalue weighted by Gasteiger charge is -2.19. The smallest absolute Gasteiger partial charge is 0.283 e. The van der Waals surface area contributed by atoms with Crippen LogP contribution in [0.2, 0.25) is 0 Å². The summed E-state index contributed by atoms with van der Waals surface area (Å²) in [4.78, 5) is 27.8. The van der Waals surface area contributed by atoms with E-state index < -0.39 is 4.92 Å². The Morgan fingerprint density at radius 3 is 2.74 bits per heavy atom. The predicted octanol–water partition coefficient (Wildman–Crippen LogP) is 1.74. The van der Waals surface area contributed by atoms with E-state index in [2.05, 4.69) is 4.90 Å². The molecule has 0 saturated carbocycles. The Labute approximate surface area is 115 Å². The quantitative estimate of drug-likeness (QED) is 0.612. The molecule has 0 bridgehead atoms. The molecule has 1 aliphatic heterocycles. The van der Waals surface area contributed by atoms with Gasteiger partial charge in [0.15, 0.2) is 0 Å². The molecule has 2 rings (SSSR count). The Balaban J connectivity index is 2.15. The number of nitrogens with zero attached hydrogens (tertiary/aromatic N) is 3. The van der Waals surface area contributed by atoms with E-state index in [1.54, 1.807) is 11.8 Å². The van der Waals surface area contributed by atoms with Crippen molar-refractivity contribution in [2.75, 3.05) is 33.2 Å². The number of hydrogen-bond acceptors (Lipinski definition) is 5. The van der Waals surface area contributed by atoms with Gasteiger partial charge in [0.2, 0.25) is 0 Å². The lowest BCUT2D eigenvalue weighted by molar-refractivity contribution is -0.385. The van der Waals surface area contributed by atoms with Crippen LogP contribution in [0.25, 0.3) is 0 Å². The molecule has 7 heteroatoms. The van der Waals surface area contributed by atoms with Crippen molar-refractivity contribution >= 4 is 22.9 Å². The summed E-state index contributed by atoms with van der Waals surface area (Å²) >= 11 is 1.21. The highest BCUT2D eigenvalue weighted by Crippen LogP contribution is 2.29. The minimum absolute atomic E-state index is 0.0419. The maximum atomic E-state index is 12.3. The largest absolute Gasteiger partial charge is 0.337 e. The molecule has 0 spiro atoms. The minimum atomic E-state index is -0.432. The molecule has 0 aromatic carbocycles. The molecular formula is C12H17N3O3S. The van der Waals surface area contributed by atoms with Crippen LogP contribution < -0.4 is 0 Å². The second-order valence-corrected chi connectivity index (χ2v) is 6.01. The van der Waals surface area contributed by atoms with Crippen molar-refractivity contribution in [3.8, 4) is 0 Å². The highest BCUT2D eigenvalue weighted by molar-refractivity contribution is 7.14. The van der Waals surface area contributed by atoms with Gasteiger partial charge in [-0.3, -0.25) is 14.9 Å². The van der Waals surface area contributed by atoms with Crippen molar-refractivity contribution in [2.45, 2.75) is 13.3 Å². The van der Waals surface area contributed by atoms with E-state index in [1.165, 1.54) is 17.4 Å². The first-order chi connectivity index (χ1) is 8.99. The monoisotopic (exact) mass is 283 g/mol. The van der Waals surface area contributed by atoms with Gasteiger partial charge in [-0.25, -0.2) is 0 Å². The molecule has 2 heterocycles. The summed E-state index contributed by atoms with van der Waals surface area (Å²) in [5, 5.41) is 10.8. The molecular weight excluding hydrogens is 266 g/mol. The Morgan fingerprint density at radius 2 is 2.11 bits per heavy atom. The second kappa shape index (κ2) is 5.66. The number of carbonyl (C=O) groups excluding carboxylic acids is 1. The maximum absolute atomic E-state index is 12.3. The zero-order chi connectivity index (χ0) is 14.0. The molecule has 19 heavy (non-hydrogen) atoms. The number of nitro groups is 1. The first kappa shape index (κ1) is 14.0. The Hall–Kier alpha value is -1.47. The van der Waals surface area contributed by atoms with Gasteiger partial charge in [-0.05, 0) is 26.9 Å². The van der Waals surface area contributed by atoms with Gasteiger partial charge in [0.1, 0.15) is 0 Å². The van der Waals surface area contributed by atoms with Crippen LogP contribution in [0, 0.1) is 17.0 Å². The van der Waals surface area contributed by atoms with E-state index in [1.807, 2.05) is 7.05 Å². The van der Waals surface area contributed by atoms with Crippen molar-refractivity contribution in [1.82, 2.24) is 9.80 Å². The summed E-state index contributed by atoms with van der Waals surface area (Å²) < 4.78 is 0. The molecule has 1 saturated heterocycles. The number of carbonyl (C=O) groups is 1. The number of hydrogen-bond donors (Lipinski definition) is 0. The third-order valence-corrected chi connectivity index (χ3v) is 4.33. The van der Waals surface area contributed by atoms with Gasteiger partial charge < -0.3 is 9.80 Å². The Morgan fingerprint density at radius 1 is 1.37 bits per heavy atom. The predicted molar refractivity (Wildman–Crippen MR) is 73.7 cm³/mol. The molecule has 1 amide bonds. The number of amides is 1. The summed E-state index contributed by atoms with van der Waals surface area (Å²) in [6, 6.07) is 1.40. The first-order valence-corrected chi connectivity index (χ1v) is 7.03. The van der Waals surface area contributed by atoms with E-state index in [9.17, 15) is 14.9 Å². The normalized spacial score (nSPS) is 17.3. The average molecular weight is 283 g/mol. The third-order valence-electron chi connectivity index (χ3n) is 3.31. The molecule has 1 aromatic rings. The van der Waals surface area contributed by atoms with Gasteiger partial charge in [0.25, 0.3) is 11.6 Å². The van der Waals surface area contributed by atoms with Crippen molar-refractivity contribution in [3.63, 3.8) is 0 Å². The second-order valence-electron chi connectivity index (χ2n) is 4.76. The van der Waals surface area contributed by atoms with Crippen LogP contribution in [-0.4, -0.2) is 53.9 Å². The van der Waals surface area contributed by atoms with E-state index in [4.69, 9.17) is 0 Å². The number of likely N-dealkylation sites (N-methyl/N-ethyl adjacent to an activating group) is 1. The molecule has 0 atom stereocenters. The van der Waals surface area contributed by atoms with Crippen LogP contribution in [0.1, 0.15) is 21.0 Å². The van der Waals surface area contributed by atoms with Crippen molar-refractivity contribution in [1.29, 1.82) is 0 Å². The number of aryl methyl sites for hydroxylation is 1. The van der Waals surface area contributed by atoms with E-state index in [-0.39, 0.29) is 11.6 Å². The van der Waals surface area contributed by atoms with Gasteiger partial charge in [-0.2, -0.15) is 0 Å². The Bertz CT molecular complexity index is 500.